The van der Waals surface area contributed by atoms with Crippen molar-refractivity contribution in [2.24, 2.45) is 0 Å². The molecule has 0 bridgehead atoms. The zero-order valence-electron chi connectivity index (χ0n) is 12.1. The van der Waals surface area contributed by atoms with Crippen LogP contribution < -0.4 is 10.6 Å². The van der Waals surface area contributed by atoms with Gasteiger partial charge in [0.15, 0.2) is 0 Å². The summed E-state index contributed by atoms with van der Waals surface area (Å²) in [6.07, 6.45) is 2.27. The van der Waals surface area contributed by atoms with E-state index in [1.165, 1.54) is 0 Å². The highest BCUT2D eigenvalue weighted by atomic mass is 16.4. The fourth-order valence-electron chi connectivity index (χ4n) is 2.21. The number of rotatable bonds is 6. The summed E-state index contributed by atoms with van der Waals surface area (Å²) in [5.41, 5.74) is 1.25. The largest absolute Gasteiger partial charge is 0.477 e. The number of hydrogen-bond donors (Lipinski definition) is 4. The minimum Gasteiger partial charge on any atom is -0.477 e. The second-order valence-corrected chi connectivity index (χ2v) is 5.28. The first kappa shape index (κ1) is 15.1. The molecule has 1 fully saturated rings. The molecule has 7 heteroatoms. The van der Waals surface area contributed by atoms with Crippen molar-refractivity contribution in [3.05, 3.63) is 22.5 Å². The fraction of sp³-hybridized carbons (Fsp3) is 0.500. The topological polar surface area (TPSA) is 111 Å². The smallest absolute Gasteiger partial charge is 0.352 e. The summed E-state index contributed by atoms with van der Waals surface area (Å²) < 4.78 is 0. The average molecular weight is 293 g/mol. The second-order valence-electron chi connectivity index (χ2n) is 5.28. The molecular formula is C14H19N3O4. The van der Waals surface area contributed by atoms with E-state index in [2.05, 4.69) is 15.6 Å². The minimum absolute atomic E-state index is 0.0177. The first-order chi connectivity index (χ1) is 9.90. The van der Waals surface area contributed by atoms with Crippen LogP contribution in [0.3, 0.4) is 0 Å². The SMILES string of the molecule is Cc1[nH]c(C(=O)O)c(C)c1C(=O)NCCC(=O)NC1CC1. The molecule has 0 atom stereocenters. The molecule has 2 amide bonds. The van der Waals surface area contributed by atoms with Gasteiger partial charge in [-0.2, -0.15) is 0 Å². The van der Waals surface area contributed by atoms with Crippen molar-refractivity contribution in [1.82, 2.24) is 15.6 Å². The van der Waals surface area contributed by atoms with Crippen LogP contribution in [-0.4, -0.2) is 40.5 Å². The monoisotopic (exact) mass is 293 g/mol. The number of amides is 2. The molecule has 7 nitrogen and oxygen atoms in total. The Morgan fingerprint density at radius 3 is 2.48 bits per heavy atom. The number of nitrogens with one attached hydrogen (secondary N) is 3. The molecule has 1 aliphatic carbocycles. The highest BCUT2D eigenvalue weighted by Crippen LogP contribution is 2.19. The number of carbonyl (C=O) groups excluding carboxylic acids is 2. The van der Waals surface area contributed by atoms with Gasteiger partial charge < -0.3 is 20.7 Å². The van der Waals surface area contributed by atoms with Gasteiger partial charge in [-0.25, -0.2) is 4.79 Å². The van der Waals surface area contributed by atoms with Gasteiger partial charge in [0.1, 0.15) is 5.69 Å². The van der Waals surface area contributed by atoms with Crippen LogP contribution in [0.5, 0.6) is 0 Å². The molecule has 0 radical (unpaired) electrons. The summed E-state index contributed by atoms with van der Waals surface area (Å²) in [7, 11) is 0. The van der Waals surface area contributed by atoms with Crippen LogP contribution in [0.1, 0.15) is 51.4 Å². The normalized spacial score (nSPS) is 13.8. The molecule has 21 heavy (non-hydrogen) atoms. The lowest BCUT2D eigenvalue weighted by Crippen LogP contribution is -2.32. The Bertz CT molecular complexity index is 587. The van der Waals surface area contributed by atoms with E-state index in [9.17, 15) is 14.4 Å². The van der Waals surface area contributed by atoms with Crippen LogP contribution >= 0.6 is 0 Å². The summed E-state index contributed by atoms with van der Waals surface area (Å²) >= 11 is 0. The zero-order valence-corrected chi connectivity index (χ0v) is 12.1. The molecule has 1 aromatic heterocycles. The summed E-state index contributed by atoms with van der Waals surface area (Å²) in [5.74, 6) is -1.54. The summed E-state index contributed by atoms with van der Waals surface area (Å²) in [5, 5.41) is 14.5. The molecule has 0 aliphatic heterocycles. The summed E-state index contributed by atoms with van der Waals surface area (Å²) in [6.45, 7) is 3.46. The Labute approximate surface area is 122 Å². The lowest BCUT2D eigenvalue weighted by Gasteiger charge is -2.06. The van der Waals surface area contributed by atoms with E-state index in [-0.39, 0.29) is 30.5 Å². The van der Waals surface area contributed by atoms with Gasteiger partial charge in [-0.1, -0.05) is 0 Å². The van der Waals surface area contributed by atoms with Crippen molar-refractivity contribution < 1.29 is 19.5 Å². The van der Waals surface area contributed by atoms with Crippen LogP contribution in [0.2, 0.25) is 0 Å². The number of carbonyl (C=O) groups is 3. The number of carboxylic acid groups (broad SMARTS) is 1. The highest BCUT2D eigenvalue weighted by molar-refractivity contribution is 6.00. The number of aromatic carboxylic acids is 1. The van der Waals surface area contributed by atoms with E-state index in [1.807, 2.05) is 0 Å². The molecule has 4 N–H and O–H groups in total. The quantitative estimate of drug-likeness (QED) is 0.619. The van der Waals surface area contributed by atoms with Gasteiger partial charge in [0.05, 0.1) is 5.56 Å². The lowest BCUT2D eigenvalue weighted by atomic mass is 10.1. The molecule has 0 unspecified atom stereocenters. The van der Waals surface area contributed by atoms with Crippen molar-refractivity contribution >= 4 is 17.8 Å². The van der Waals surface area contributed by atoms with E-state index in [0.29, 0.717) is 22.9 Å². The van der Waals surface area contributed by atoms with Crippen LogP contribution in [0, 0.1) is 13.8 Å². The third-order valence-electron chi connectivity index (χ3n) is 3.46. The molecule has 2 rings (SSSR count). The van der Waals surface area contributed by atoms with Gasteiger partial charge in [0.25, 0.3) is 5.91 Å². The number of carboxylic acids is 1. The predicted molar refractivity (Wildman–Crippen MR) is 75.3 cm³/mol. The van der Waals surface area contributed by atoms with E-state index in [1.54, 1.807) is 13.8 Å². The van der Waals surface area contributed by atoms with E-state index in [0.717, 1.165) is 12.8 Å². The van der Waals surface area contributed by atoms with E-state index in [4.69, 9.17) is 5.11 Å². The van der Waals surface area contributed by atoms with Crippen molar-refractivity contribution in [3.8, 4) is 0 Å². The number of aromatic nitrogens is 1. The zero-order chi connectivity index (χ0) is 15.6. The molecule has 1 aliphatic rings. The Hall–Kier alpha value is -2.31. The first-order valence-electron chi connectivity index (χ1n) is 6.90. The van der Waals surface area contributed by atoms with Crippen molar-refractivity contribution in [3.63, 3.8) is 0 Å². The molecule has 1 aromatic rings. The van der Waals surface area contributed by atoms with Crippen LogP contribution in [-0.2, 0) is 4.79 Å². The molecule has 1 heterocycles. The standard InChI is InChI=1S/C14H19N3O4/c1-7-11(8(2)16-12(7)14(20)21)13(19)15-6-5-10(18)17-9-3-4-9/h9,16H,3-6H2,1-2H3,(H,15,19)(H,17,18)(H,20,21). The van der Waals surface area contributed by atoms with Gasteiger partial charge in [-0.05, 0) is 32.3 Å². The maximum absolute atomic E-state index is 12.1. The van der Waals surface area contributed by atoms with Gasteiger partial charge in [0.2, 0.25) is 5.91 Å². The Kier molecular flexibility index (Phi) is 4.30. The second kappa shape index (κ2) is 5.99. The minimum atomic E-state index is -1.10. The van der Waals surface area contributed by atoms with Gasteiger partial charge >= 0.3 is 5.97 Å². The number of aromatic amines is 1. The van der Waals surface area contributed by atoms with Gasteiger partial charge in [-0.15, -0.1) is 0 Å². The van der Waals surface area contributed by atoms with Crippen molar-refractivity contribution in [1.29, 1.82) is 0 Å². The Balaban J connectivity index is 1.90. The lowest BCUT2D eigenvalue weighted by molar-refractivity contribution is -0.121. The van der Waals surface area contributed by atoms with Crippen LogP contribution in [0.4, 0.5) is 0 Å². The molecule has 0 saturated heterocycles. The molecular weight excluding hydrogens is 274 g/mol. The first-order valence-corrected chi connectivity index (χ1v) is 6.90. The highest BCUT2D eigenvalue weighted by Gasteiger charge is 2.24. The molecule has 1 saturated carbocycles. The summed E-state index contributed by atoms with van der Waals surface area (Å²) in [6, 6.07) is 0.306. The summed E-state index contributed by atoms with van der Waals surface area (Å²) in [4.78, 5) is 37.3. The maximum Gasteiger partial charge on any atom is 0.352 e. The predicted octanol–water partition coefficient (Wildman–Crippen LogP) is 0.728. The fourth-order valence-corrected chi connectivity index (χ4v) is 2.21. The van der Waals surface area contributed by atoms with Gasteiger partial charge in [0, 0.05) is 24.7 Å². The number of H-pyrrole nitrogens is 1. The van der Waals surface area contributed by atoms with Crippen molar-refractivity contribution in [2.75, 3.05) is 6.54 Å². The third kappa shape index (κ3) is 3.62. The Morgan fingerprint density at radius 2 is 1.95 bits per heavy atom. The molecule has 0 spiro atoms. The third-order valence-corrected chi connectivity index (χ3v) is 3.46. The molecule has 114 valence electrons. The van der Waals surface area contributed by atoms with Crippen LogP contribution in [0.15, 0.2) is 0 Å². The number of hydrogen-bond acceptors (Lipinski definition) is 3. The maximum atomic E-state index is 12.1. The van der Waals surface area contributed by atoms with Crippen molar-refractivity contribution in [2.45, 2.75) is 39.2 Å². The Morgan fingerprint density at radius 1 is 1.29 bits per heavy atom. The molecule has 0 aromatic carbocycles. The van der Waals surface area contributed by atoms with E-state index < -0.39 is 5.97 Å². The van der Waals surface area contributed by atoms with Crippen LogP contribution in [0.25, 0.3) is 0 Å². The van der Waals surface area contributed by atoms with E-state index >= 15 is 0 Å². The number of aryl methyl sites for hydroxylation is 1. The average Bonchev–Trinajstić information content (AvgIpc) is 3.13. The van der Waals surface area contributed by atoms with Gasteiger partial charge in [-0.3, -0.25) is 9.59 Å².